The number of carbonyl (C=O) groups is 1. The summed E-state index contributed by atoms with van der Waals surface area (Å²) < 4.78 is 109. The largest absolute Gasteiger partial charge is 0.447 e. The zero-order valence-electron chi connectivity index (χ0n) is 24.1. The second-order valence-electron chi connectivity index (χ2n) is 4.49. The maximum Gasteiger partial charge on any atom is 0.407 e. The molecule has 0 radical (unpaired) electrons. The molecule has 1 aromatic heterocycles. The Balaban J connectivity index is 2.23. The van der Waals surface area contributed by atoms with Gasteiger partial charge in [-0.15, -0.1) is 0 Å². The Morgan fingerprint density at radius 2 is 2.67 bits per heavy atom. The van der Waals surface area contributed by atoms with Crippen LogP contribution in [0.4, 0.5) is 4.79 Å². The van der Waals surface area contributed by atoms with Crippen molar-refractivity contribution >= 4 is 17.0 Å². The number of fused-ring (bicyclic) bond motifs is 1. The number of likely N-dealkylation sites (N-methyl/N-ethyl adjacent to an activating group) is 1. The van der Waals surface area contributed by atoms with Crippen LogP contribution in [0.2, 0.25) is 2.82 Å². The molecule has 1 aromatic carbocycles. The average molecular weight is 300 g/mol. The number of aromatic nitrogens is 1. The van der Waals surface area contributed by atoms with Gasteiger partial charge in [0.05, 0.1) is 14.2 Å². The minimum atomic E-state index is -3.00. The van der Waals surface area contributed by atoms with Crippen molar-refractivity contribution < 1.29 is 27.4 Å². The van der Waals surface area contributed by atoms with Crippen LogP contribution in [0.25, 0.3) is 10.9 Å². The third-order valence-corrected chi connectivity index (χ3v) is 2.77. The predicted molar refractivity (Wildman–Crippen MR) is 82.5 cm³/mol. The van der Waals surface area contributed by atoms with E-state index in [0.717, 1.165) is 11.1 Å². The van der Waals surface area contributed by atoms with Crippen molar-refractivity contribution in [1.82, 2.24) is 15.2 Å². The summed E-state index contributed by atoms with van der Waals surface area (Å²) >= 11 is 0. The van der Waals surface area contributed by atoms with E-state index in [1.54, 1.807) is 0 Å². The Kier molecular flexibility index (Phi) is 1.46. The molecule has 5 nitrogen and oxygen atoms in total. The van der Waals surface area contributed by atoms with Gasteiger partial charge in [-0.25, -0.2) is 4.79 Å². The van der Waals surface area contributed by atoms with Crippen molar-refractivity contribution in [2.45, 2.75) is 18.8 Å². The zero-order valence-corrected chi connectivity index (χ0v) is 11.1. The standard InChI is InChI=1S/C16H21N3O2/c1-19(2)6-5-12-9-17-15-4-3-11(8-14(12)15)7-13-10-21-16(20)18-13/h3-4,8-9,13,17H,5-7,10H2,1-2H3,(H,18,20)/t13-/m0/s1/i1D3,3D,4D,5D2,8D,10D2,13D/hD2. The highest BCUT2D eigenvalue weighted by Gasteiger charge is 2.22. The number of nitrogens with one attached hydrogen (secondary N) is 2. The lowest BCUT2D eigenvalue weighted by Gasteiger charge is -2.09. The number of hydrogen-bond acceptors (Lipinski definition) is 3. The predicted octanol–water partition coefficient (Wildman–Crippen LogP) is 1.92. The van der Waals surface area contributed by atoms with Crippen LogP contribution >= 0.6 is 0 Å². The summed E-state index contributed by atoms with van der Waals surface area (Å²) in [5.41, 5.74) is -1.05. The molecule has 112 valence electrons. The SMILES string of the molecule is [2H]c1c(C[C@]2([2H])N([2H])C(=O)OC2([2H])[2H])c([2H])c2c(C([2H])([2H])CN(C)C([2H])([2H])[2H])cn([2H])c2c1[2H]. The summed E-state index contributed by atoms with van der Waals surface area (Å²) in [7, 11) is 1.17. The number of alkyl carbamates (subject to hydrolysis) is 1. The molecule has 1 aliphatic heterocycles. The number of ether oxygens (including phenoxy) is 1. The monoisotopic (exact) mass is 300 g/mol. The molecule has 1 saturated heterocycles. The molecule has 2 aromatic rings. The van der Waals surface area contributed by atoms with Gasteiger partial charge in [0.2, 0.25) is 0 Å². The third-order valence-electron chi connectivity index (χ3n) is 2.77. The van der Waals surface area contributed by atoms with Crippen molar-refractivity contribution in [3.63, 3.8) is 0 Å². The third kappa shape index (κ3) is 3.19. The number of nitrogens with zero attached hydrogens (tertiary/aromatic N) is 1. The van der Waals surface area contributed by atoms with E-state index < -0.39 is 68.7 Å². The topological polar surface area (TPSA) is 57.4 Å². The van der Waals surface area contributed by atoms with Crippen molar-refractivity contribution in [1.29, 1.82) is 0 Å². The molecule has 0 aliphatic carbocycles. The van der Waals surface area contributed by atoms with Gasteiger partial charge >= 0.3 is 6.09 Å². The molecule has 0 unspecified atom stereocenters. The van der Waals surface area contributed by atoms with Crippen molar-refractivity contribution in [3.05, 3.63) is 35.5 Å². The van der Waals surface area contributed by atoms with Gasteiger partial charge in [-0.3, -0.25) is 0 Å². The van der Waals surface area contributed by atoms with E-state index in [9.17, 15) is 4.79 Å². The molecule has 21 heavy (non-hydrogen) atoms. The molecule has 1 amide bonds. The van der Waals surface area contributed by atoms with E-state index in [2.05, 4.69) is 4.74 Å². The average Bonchev–Trinajstić information content (AvgIpc) is 3.11. The summed E-state index contributed by atoms with van der Waals surface area (Å²) in [6.45, 7) is -6.30. The number of rotatable bonds is 5. The van der Waals surface area contributed by atoms with Gasteiger partial charge in [0, 0.05) is 30.5 Å². The molecule has 3 rings (SSSR count). The lowest BCUT2D eigenvalue weighted by atomic mass is 10.0. The van der Waals surface area contributed by atoms with Crippen LogP contribution in [0, 0.1) is 0 Å². The maximum atomic E-state index is 11.7. The van der Waals surface area contributed by atoms with E-state index in [0.29, 0.717) is 4.98 Å². The number of hydrogen-bond donors (Lipinski definition) is 2. The highest BCUT2D eigenvalue weighted by Crippen LogP contribution is 2.21. The number of H-pyrrole nitrogens is 1. The van der Waals surface area contributed by atoms with Crippen LogP contribution in [0.3, 0.4) is 0 Å². The fraction of sp³-hybridized carbons (Fsp3) is 0.438. The van der Waals surface area contributed by atoms with Gasteiger partial charge in [0.15, 0.2) is 2.82 Å². The van der Waals surface area contributed by atoms with Crippen LogP contribution in [0.15, 0.2) is 24.3 Å². The smallest absolute Gasteiger partial charge is 0.407 e. The molecule has 2 heterocycles. The first-order valence-corrected chi connectivity index (χ1v) is 6.13. The number of aromatic amines is 1. The molecule has 0 spiro atoms. The van der Waals surface area contributed by atoms with Crippen LogP contribution in [0.5, 0.6) is 0 Å². The summed E-state index contributed by atoms with van der Waals surface area (Å²) in [4.78, 5) is 13.1. The van der Waals surface area contributed by atoms with Crippen molar-refractivity contribution in [2.75, 3.05) is 27.1 Å². The second kappa shape index (κ2) is 5.77. The molecular weight excluding hydrogens is 266 g/mol. The van der Waals surface area contributed by atoms with Crippen LogP contribution in [0.1, 0.15) is 26.2 Å². The van der Waals surface area contributed by atoms with Crippen LogP contribution in [-0.2, 0) is 17.5 Å². The molecule has 0 saturated carbocycles. The first-order valence-electron chi connectivity index (χ1n) is 12.5. The number of cyclic esters (lactones) is 1. The maximum absolute atomic E-state index is 11.7. The number of benzene rings is 1. The molecule has 2 N–H and O–H groups in total. The second-order valence-corrected chi connectivity index (χ2v) is 4.49. The van der Waals surface area contributed by atoms with Crippen molar-refractivity contribution in [2.24, 2.45) is 0 Å². The number of amides is 1. The Morgan fingerprint density at radius 1 is 1.76 bits per heavy atom. The molecule has 1 fully saturated rings. The Morgan fingerprint density at radius 3 is 3.43 bits per heavy atom. The summed E-state index contributed by atoms with van der Waals surface area (Å²) in [5, 5.41) is -0.359. The van der Waals surface area contributed by atoms with E-state index >= 15 is 0 Å². The van der Waals surface area contributed by atoms with Gasteiger partial charge in [0.1, 0.15) is 6.56 Å². The lowest BCUT2D eigenvalue weighted by Crippen LogP contribution is -2.28. The van der Waals surface area contributed by atoms with E-state index in [-0.39, 0.29) is 21.8 Å². The summed E-state index contributed by atoms with van der Waals surface area (Å²) in [6, 6.07) is -4.60. The van der Waals surface area contributed by atoms with E-state index in [1.807, 2.05) is 0 Å². The summed E-state index contributed by atoms with van der Waals surface area (Å²) in [6.07, 6.45) is -3.83. The fourth-order valence-electron chi connectivity index (χ4n) is 1.85. The highest BCUT2D eigenvalue weighted by atomic mass is 16.6. The number of carbonyl (C=O) groups excluding carboxylic acids is 1. The molecule has 5 heteroatoms. The van der Waals surface area contributed by atoms with Gasteiger partial charge in [-0.05, 0) is 50.0 Å². The Hall–Kier alpha value is -2.01. The Labute approximate surface area is 142 Å². The summed E-state index contributed by atoms with van der Waals surface area (Å²) in [5.74, 6) is 0. The zero-order chi connectivity index (χ0) is 26.2. The quantitative estimate of drug-likeness (QED) is 0.887. The normalized spacial score (nSPS) is 34.9. The van der Waals surface area contributed by atoms with Crippen LogP contribution < -0.4 is 5.31 Å². The minimum absolute atomic E-state index is 0.0686. The molecule has 1 aliphatic rings. The van der Waals surface area contributed by atoms with Gasteiger partial charge < -0.3 is 19.9 Å². The lowest BCUT2D eigenvalue weighted by molar-refractivity contribution is 0.177. The molecule has 1 atom stereocenters. The van der Waals surface area contributed by atoms with E-state index in [1.165, 1.54) is 7.05 Å². The Bertz CT molecular complexity index is 1160. The molecular formula is C16H21N3O2. The van der Waals surface area contributed by atoms with Gasteiger partial charge in [-0.1, -0.05) is 6.04 Å². The minimum Gasteiger partial charge on any atom is -0.447 e. The van der Waals surface area contributed by atoms with Gasteiger partial charge in [-0.2, -0.15) is 0 Å². The first kappa shape index (κ1) is 5.32. The van der Waals surface area contributed by atoms with Crippen molar-refractivity contribution in [3.8, 4) is 0 Å². The fourth-order valence-corrected chi connectivity index (χ4v) is 1.85. The van der Waals surface area contributed by atoms with Gasteiger partial charge in [0.25, 0.3) is 0 Å². The highest BCUT2D eigenvalue weighted by molar-refractivity contribution is 5.84. The first-order chi connectivity index (χ1) is 15.3. The van der Waals surface area contributed by atoms with Crippen LogP contribution in [-0.4, -0.2) is 49.1 Å². The molecule has 0 bridgehead atoms. The van der Waals surface area contributed by atoms with E-state index in [4.69, 9.17) is 17.9 Å².